The van der Waals surface area contributed by atoms with Crippen LogP contribution >= 0.6 is 11.6 Å². The Kier molecular flexibility index (Phi) is 5.91. The number of carbonyl (C=O) groups is 1. The van der Waals surface area contributed by atoms with Crippen LogP contribution < -0.4 is 5.32 Å². The highest BCUT2D eigenvalue weighted by atomic mass is 35.5. The van der Waals surface area contributed by atoms with Gasteiger partial charge in [0.1, 0.15) is 0 Å². The van der Waals surface area contributed by atoms with Gasteiger partial charge in [-0.25, -0.2) is 4.79 Å². The minimum absolute atomic E-state index is 0.189. The number of nitrogens with zero attached hydrogens (tertiary/aromatic N) is 1. The lowest BCUT2D eigenvalue weighted by Crippen LogP contribution is -2.38. The smallest absolute Gasteiger partial charge is 0.321 e. The number of aliphatic hydroxyl groups is 1. The number of rotatable bonds is 5. The first-order valence-corrected chi connectivity index (χ1v) is 5.85. The van der Waals surface area contributed by atoms with Crippen molar-refractivity contribution in [3.63, 3.8) is 0 Å². The number of halogens is 1. The number of methoxy groups -OCH3 is 1. The van der Waals surface area contributed by atoms with E-state index in [1.807, 2.05) is 0 Å². The maximum absolute atomic E-state index is 11.8. The summed E-state index contributed by atoms with van der Waals surface area (Å²) in [4.78, 5) is 13.2. The molecule has 0 fully saturated rings. The number of aliphatic hydroxyl groups excluding tert-OH is 1. The predicted molar refractivity (Wildman–Crippen MR) is 71.0 cm³/mol. The molecule has 1 atom stereocenters. The van der Waals surface area contributed by atoms with Gasteiger partial charge in [-0.3, -0.25) is 0 Å². The van der Waals surface area contributed by atoms with E-state index in [0.717, 1.165) is 0 Å². The summed E-state index contributed by atoms with van der Waals surface area (Å²) in [6, 6.07) is 6.55. The van der Waals surface area contributed by atoms with Crippen LogP contribution in [0.2, 0.25) is 5.02 Å². The molecular weight excluding hydrogens is 256 g/mol. The zero-order chi connectivity index (χ0) is 13.5. The molecule has 6 heteroatoms. The van der Waals surface area contributed by atoms with Crippen LogP contribution in [-0.2, 0) is 4.74 Å². The van der Waals surface area contributed by atoms with Crippen molar-refractivity contribution in [2.24, 2.45) is 0 Å². The maximum Gasteiger partial charge on any atom is 0.321 e. The van der Waals surface area contributed by atoms with E-state index in [1.165, 1.54) is 12.0 Å². The molecule has 0 bridgehead atoms. The van der Waals surface area contributed by atoms with Gasteiger partial charge in [-0.05, 0) is 18.2 Å². The Morgan fingerprint density at radius 2 is 2.33 bits per heavy atom. The minimum Gasteiger partial charge on any atom is -0.389 e. The Hall–Kier alpha value is -1.30. The molecule has 5 nitrogen and oxygen atoms in total. The van der Waals surface area contributed by atoms with Gasteiger partial charge in [0, 0.05) is 24.9 Å². The van der Waals surface area contributed by atoms with Crippen LogP contribution in [0.3, 0.4) is 0 Å². The highest BCUT2D eigenvalue weighted by molar-refractivity contribution is 6.30. The summed E-state index contributed by atoms with van der Waals surface area (Å²) in [7, 11) is 3.09. The van der Waals surface area contributed by atoms with Gasteiger partial charge in [0.15, 0.2) is 0 Å². The second-order valence-electron chi connectivity index (χ2n) is 3.93. The zero-order valence-corrected chi connectivity index (χ0v) is 11.1. The van der Waals surface area contributed by atoms with Crippen molar-refractivity contribution in [2.45, 2.75) is 6.10 Å². The van der Waals surface area contributed by atoms with E-state index in [9.17, 15) is 9.90 Å². The molecule has 0 aliphatic rings. The number of carbonyl (C=O) groups excluding carboxylic acids is 1. The summed E-state index contributed by atoms with van der Waals surface area (Å²) in [5, 5.41) is 12.7. The average molecular weight is 273 g/mol. The minimum atomic E-state index is -0.704. The molecule has 0 aliphatic heterocycles. The van der Waals surface area contributed by atoms with Crippen LogP contribution in [0.25, 0.3) is 0 Å². The average Bonchev–Trinajstić information content (AvgIpc) is 2.29. The van der Waals surface area contributed by atoms with Gasteiger partial charge in [0.25, 0.3) is 0 Å². The Labute approximate surface area is 111 Å². The molecule has 0 aromatic heterocycles. The number of hydrogen-bond donors (Lipinski definition) is 2. The van der Waals surface area contributed by atoms with Crippen molar-refractivity contribution in [1.82, 2.24) is 4.90 Å². The van der Waals surface area contributed by atoms with Crippen molar-refractivity contribution in [3.05, 3.63) is 29.3 Å². The van der Waals surface area contributed by atoms with Crippen LogP contribution in [-0.4, -0.2) is 49.5 Å². The van der Waals surface area contributed by atoms with Gasteiger partial charge in [0.05, 0.1) is 19.3 Å². The standard InChI is InChI=1S/C12H17ClN2O3/c1-15(7-11(16)8-18-2)12(17)14-10-5-3-4-9(13)6-10/h3-6,11,16H,7-8H2,1-2H3,(H,14,17). The molecule has 100 valence electrons. The Bertz CT molecular complexity index is 401. The fourth-order valence-electron chi connectivity index (χ4n) is 1.43. The summed E-state index contributed by atoms with van der Waals surface area (Å²) >= 11 is 5.81. The molecule has 1 unspecified atom stereocenters. The van der Waals surface area contributed by atoms with Gasteiger partial charge >= 0.3 is 6.03 Å². The third-order valence-corrected chi connectivity index (χ3v) is 2.50. The quantitative estimate of drug-likeness (QED) is 0.859. The first-order valence-electron chi connectivity index (χ1n) is 5.47. The van der Waals surface area contributed by atoms with E-state index >= 15 is 0 Å². The molecule has 18 heavy (non-hydrogen) atoms. The molecule has 0 saturated heterocycles. The molecule has 0 radical (unpaired) electrons. The lowest BCUT2D eigenvalue weighted by molar-refractivity contribution is 0.0501. The summed E-state index contributed by atoms with van der Waals surface area (Å²) in [6.07, 6.45) is -0.704. The predicted octanol–water partition coefficient (Wildman–Crippen LogP) is 1.81. The van der Waals surface area contributed by atoms with E-state index in [0.29, 0.717) is 10.7 Å². The summed E-state index contributed by atoms with van der Waals surface area (Å²) in [5.74, 6) is 0. The van der Waals surface area contributed by atoms with Crippen LogP contribution in [0.4, 0.5) is 10.5 Å². The van der Waals surface area contributed by atoms with Crippen molar-refractivity contribution < 1.29 is 14.6 Å². The summed E-state index contributed by atoms with van der Waals surface area (Å²) in [6.45, 7) is 0.384. The maximum atomic E-state index is 11.8. The van der Waals surface area contributed by atoms with Crippen molar-refractivity contribution >= 4 is 23.3 Å². The highest BCUT2D eigenvalue weighted by Crippen LogP contribution is 2.15. The number of benzene rings is 1. The molecule has 1 aromatic rings. The van der Waals surface area contributed by atoms with E-state index < -0.39 is 6.10 Å². The Morgan fingerprint density at radius 1 is 1.61 bits per heavy atom. The first kappa shape index (κ1) is 14.8. The fourth-order valence-corrected chi connectivity index (χ4v) is 1.62. The Morgan fingerprint density at radius 3 is 2.94 bits per heavy atom. The number of ether oxygens (including phenoxy) is 1. The second kappa shape index (κ2) is 7.20. The highest BCUT2D eigenvalue weighted by Gasteiger charge is 2.13. The SMILES string of the molecule is COCC(O)CN(C)C(=O)Nc1cccc(Cl)c1. The fraction of sp³-hybridized carbons (Fsp3) is 0.417. The molecule has 0 aliphatic carbocycles. The molecule has 2 amide bonds. The Balaban J connectivity index is 2.49. The lowest BCUT2D eigenvalue weighted by atomic mass is 10.3. The molecule has 1 aromatic carbocycles. The van der Waals surface area contributed by atoms with Crippen molar-refractivity contribution in [3.8, 4) is 0 Å². The van der Waals surface area contributed by atoms with Crippen LogP contribution in [0.15, 0.2) is 24.3 Å². The number of nitrogens with one attached hydrogen (secondary N) is 1. The largest absolute Gasteiger partial charge is 0.389 e. The molecule has 0 heterocycles. The van der Waals surface area contributed by atoms with Crippen LogP contribution in [0, 0.1) is 0 Å². The summed E-state index contributed by atoms with van der Waals surface area (Å²) in [5.41, 5.74) is 0.612. The van der Waals surface area contributed by atoms with Crippen molar-refractivity contribution in [1.29, 1.82) is 0 Å². The van der Waals surface area contributed by atoms with Gasteiger partial charge in [-0.1, -0.05) is 17.7 Å². The first-order chi connectivity index (χ1) is 8.52. The molecule has 0 saturated carbocycles. The topological polar surface area (TPSA) is 61.8 Å². The van der Waals surface area contributed by atoms with Gasteiger partial charge < -0.3 is 20.1 Å². The number of likely N-dealkylation sites (N-methyl/N-ethyl adjacent to an activating group) is 1. The number of anilines is 1. The van der Waals surface area contributed by atoms with Crippen LogP contribution in [0.1, 0.15) is 0 Å². The normalized spacial score (nSPS) is 12.0. The van der Waals surface area contributed by atoms with Crippen molar-refractivity contribution in [2.75, 3.05) is 32.6 Å². The second-order valence-corrected chi connectivity index (χ2v) is 4.37. The van der Waals surface area contributed by atoms with Gasteiger partial charge in [-0.2, -0.15) is 0 Å². The third-order valence-electron chi connectivity index (χ3n) is 2.27. The number of hydrogen-bond acceptors (Lipinski definition) is 3. The summed E-state index contributed by atoms with van der Waals surface area (Å²) < 4.78 is 4.79. The molecule has 0 spiro atoms. The van der Waals surface area contributed by atoms with Gasteiger partial charge in [-0.15, -0.1) is 0 Å². The van der Waals surface area contributed by atoms with Gasteiger partial charge in [0.2, 0.25) is 0 Å². The monoisotopic (exact) mass is 272 g/mol. The number of urea groups is 1. The number of amides is 2. The van der Waals surface area contributed by atoms with E-state index in [-0.39, 0.29) is 19.2 Å². The zero-order valence-electron chi connectivity index (χ0n) is 10.4. The van der Waals surface area contributed by atoms with E-state index in [4.69, 9.17) is 16.3 Å². The third kappa shape index (κ3) is 4.91. The van der Waals surface area contributed by atoms with Crippen LogP contribution in [0.5, 0.6) is 0 Å². The molecule has 1 rings (SSSR count). The lowest BCUT2D eigenvalue weighted by Gasteiger charge is -2.21. The van der Waals surface area contributed by atoms with E-state index in [1.54, 1.807) is 31.3 Å². The molecule has 2 N–H and O–H groups in total. The molecular formula is C12H17ClN2O3. The van der Waals surface area contributed by atoms with E-state index in [2.05, 4.69) is 5.32 Å².